The van der Waals surface area contributed by atoms with Crippen molar-refractivity contribution in [2.24, 2.45) is 0 Å². The number of benzene rings is 3. The first-order chi connectivity index (χ1) is 15.7. The Morgan fingerprint density at radius 2 is 1.97 bits per heavy atom. The van der Waals surface area contributed by atoms with Crippen LogP contribution in [0.1, 0.15) is 46.2 Å². The standard InChI is InChI=1S/C26H22N4O2/c27-16-18-10-12-21(13-11-18)32-17-19-5-3-6-20(15-19)26(31)30-14-4-9-24(30)25-28-22-7-1-2-8-23(22)29-25/h1-3,5-8,10-13,15,24H,4,9,14,17H2,(H,28,29). The van der Waals surface area contributed by atoms with Crippen LogP contribution in [0.5, 0.6) is 5.75 Å². The summed E-state index contributed by atoms with van der Waals surface area (Å²) in [5, 5.41) is 8.90. The molecule has 1 N–H and O–H groups in total. The Morgan fingerprint density at radius 1 is 1.12 bits per heavy atom. The van der Waals surface area contributed by atoms with Crippen LogP contribution in [0, 0.1) is 11.3 Å². The highest BCUT2D eigenvalue weighted by molar-refractivity contribution is 5.95. The molecular weight excluding hydrogens is 400 g/mol. The van der Waals surface area contributed by atoms with Crippen LogP contribution in [-0.2, 0) is 6.61 Å². The minimum Gasteiger partial charge on any atom is -0.489 e. The van der Waals surface area contributed by atoms with Gasteiger partial charge in [0.1, 0.15) is 18.2 Å². The maximum Gasteiger partial charge on any atom is 0.254 e. The first-order valence-corrected chi connectivity index (χ1v) is 10.7. The summed E-state index contributed by atoms with van der Waals surface area (Å²) in [5.41, 5.74) is 4.07. The molecule has 32 heavy (non-hydrogen) atoms. The Bertz CT molecular complexity index is 1270. The number of amides is 1. The van der Waals surface area contributed by atoms with Crippen LogP contribution < -0.4 is 4.74 Å². The highest BCUT2D eigenvalue weighted by Crippen LogP contribution is 2.32. The molecule has 5 rings (SSSR count). The molecule has 0 spiro atoms. The number of hydrogen-bond donors (Lipinski definition) is 1. The molecule has 0 bridgehead atoms. The molecule has 1 fully saturated rings. The van der Waals surface area contributed by atoms with E-state index >= 15 is 0 Å². The average molecular weight is 422 g/mol. The molecule has 6 nitrogen and oxygen atoms in total. The Kier molecular flexibility index (Phi) is 5.30. The number of rotatable bonds is 5. The molecule has 1 atom stereocenters. The Hall–Kier alpha value is -4.11. The maximum absolute atomic E-state index is 13.4. The zero-order valence-corrected chi connectivity index (χ0v) is 17.5. The number of aromatic amines is 1. The average Bonchev–Trinajstić information content (AvgIpc) is 3.50. The fourth-order valence-corrected chi connectivity index (χ4v) is 4.18. The van der Waals surface area contributed by atoms with Crippen LogP contribution in [0.15, 0.2) is 72.8 Å². The van der Waals surface area contributed by atoms with E-state index in [2.05, 4.69) is 11.1 Å². The monoisotopic (exact) mass is 422 g/mol. The van der Waals surface area contributed by atoms with Crippen molar-refractivity contribution in [2.45, 2.75) is 25.5 Å². The summed E-state index contributed by atoms with van der Waals surface area (Å²) in [6, 6.07) is 24.5. The molecule has 1 aliphatic heterocycles. The lowest BCUT2D eigenvalue weighted by atomic mass is 10.1. The summed E-state index contributed by atoms with van der Waals surface area (Å²) in [6.07, 6.45) is 1.85. The van der Waals surface area contributed by atoms with E-state index in [1.54, 1.807) is 24.3 Å². The molecule has 0 saturated carbocycles. The number of H-pyrrole nitrogens is 1. The van der Waals surface area contributed by atoms with Crippen LogP contribution in [0.25, 0.3) is 11.0 Å². The SMILES string of the molecule is N#Cc1ccc(OCc2cccc(C(=O)N3CCCC3c3nc4ccccc4[nH]3)c2)cc1. The molecule has 1 unspecified atom stereocenters. The molecule has 1 saturated heterocycles. The molecule has 4 aromatic rings. The molecule has 1 amide bonds. The Labute approximate surface area is 186 Å². The number of nitrogens with one attached hydrogen (secondary N) is 1. The number of imidazole rings is 1. The second-order valence-corrected chi connectivity index (χ2v) is 7.92. The summed E-state index contributed by atoms with van der Waals surface area (Å²) >= 11 is 0. The van der Waals surface area contributed by atoms with Gasteiger partial charge in [0.25, 0.3) is 5.91 Å². The predicted molar refractivity (Wildman–Crippen MR) is 121 cm³/mol. The molecule has 0 aliphatic carbocycles. The van der Waals surface area contributed by atoms with Gasteiger partial charge in [0, 0.05) is 12.1 Å². The molecule has 158 valence electrons. The topological polar surface area (TPSA) is 82.0 Å². The van der Waals surface area contributed by atoms with Crippen molar-refractivity contribution in [3.63, 3.8) is 0 Å². The number of carbonyl (C=O) groups excluding carboxylic acids is 1. The van der Waals surface area contributed by atoms with Crippen molar-refractivity contribution < 1.29 is 9.53 Å². The number of fused-ring (bicyclic) bond motifs is 1. The van der Waals surface area contributed by atoms with Gasteiger partial charge in [0.05, 0.1) is 28.7 Å². The van der Waals surface area contributed by atoms with Gasteiger partial charge in [-0.05, 0) is 66.9 Å². The third kappa shape index (κ3) is 3.93. The van der Waals surface area contributed by atoms with Gasteiger partial charge in [-0.25, -0.2) is 4.98 Å². The quantitative estimate of drug-likeness (QED) is 0.491. The highest BCUT2D eigenvalue weighted by atomic mass is 16.5. The zero-order chi connectivity index (χ0) is 21.9. The van der Waals surface area contributed by atoms with E-state index in [0.717, 1.165) is 35.3 Å². The minimum atomic E-state index is -0.0477. The van der Waals surface area contributed by atoms with Crippen molar-refractivity contribution in [1.29, 1.82) is 5.26 Å². The van der Waals surface area contributed by atoms with E-state index in [0.29, 0.717) is 30.0 Å². The smallest absolute Gasteiger partial charge is 0.254 e. The van der Waals surface area contributed by atoms with E-state index in [4.69, 9.17) is 15.0 Å². The van der Waals surface area contributed by atoms with Gasteiger partial charge < -0.3 is 14.6 Å². The number of para-hydroxylation sites is 2. The lowest BCUT2D eigenvalue weighted by molar-refractivity contribution is 0.0730. The third-order valence-corrected chi connectivity index (χ3v) is 5.80. The van der Waals surface area contributed by atoms with E-state index in [9.17, 15) is 4.79 Å². The highest BCUT2D eigenvalue weighted by Gasteiger charge is 2.32. The lowest BCUT2D eigenvalue weighted by Gasteiger charge is -2.23. The summed E-state index contributed by atoms with van der Waals surface area (Å²) in [6.45, 7) is 1.06. The van der Waals surface area contributed by atoms with E-state index in [-0.39, 0.29) is 11.9 Å². The number of carbonyl (C=O) groups is 1. The van der Waals surface area contributed by atoms with Crippen molar-refractivity contribution in [3.05, 3.63) is 95.3 Å². The molecule has 0 radical (unpaired) electrons. The van der Waals surface area contributed by atoms with Crippen LogP contribution in [-0.4, -0.2) is 27.3 Å². The van der Waals surface area contributed by atoms with Gasteiger partial charge in [-0.15, -0.1) is 0 Å². The first kappa shape index (κ1) is 19.8. The fourth-order valence-electron chi connectivity index (χ4n) is 4.18. The number of nitrogens with zero attached hydrogens (tertiary/aromatic N) is 3. The predicted octanol–water partition coefficient (Wildman–Crippen LogP) is 4.99. The van der Waals surface area contributed by atoms with E-state index in [1.807, 2.05) is 53.4 Å². The van der Waals surface area contributed by atoms with Crippen LogP contribution in [0.3, 0.4) is 0 Å². The van der Waals surface area contributed by atoms with Gasteiger partial charge in [0.2, 0.25) is 0 Å². The summed E-state index contributed by atoms with van der Waals surface area (Å²) in [5.74, 6) is 1.54. The second kappa shape index (κ2) is 8.56. The summed E-state index contributed by atoms with van der Waals surface area (Å²) in [7, 11) is 0. The van der Waals surface area contributed by atoms with Crippen LogP contribution in [0.2, 0.25) is 0 Å². The molecule has 1 aromatic heterocycles. The zero-order valence-electron chi connectivity index (χ0n) is 17.5. The maximum atomic E-state index is 13.4. The number of likely N-dealkylation sites (tertiary alicyclic amines) is 1. The van der Waals surface area contributed by atoms with Crippen molar-refractivity contribution >= 4 is 16.9 Å². The van der Waals surface area contributed by atoms with Gasteiger partial charge >= 0.3 is 0 Å². The third-order valence-electron chi connectivity index (χ3n) is 5.80. The van der Waals surface area contributed by atoms with Gasteiger partial charge in [-0.1, -0.05) is 24.3 Å². The van der Waals surface area contributed by atoms with Gasteiger partial charge in [-0.2, -0.15) is 5.26 Å². The molecule has 6 heteroatoms. The lowest BCUT2D eigenvalue weighted by Crippen LogP contribution is -2.31. The number of ether oxygens (including phenoxy) is 1. The second-order valence-electron chi connectivity index (χ2n) is 7.92. The fraction of sp³-hybridized carbons (Fsp3) is 0.192. The van der Waals surface area contributed by atoms with Gasteiger partial charge in [-0.3, -0.25) is 4.79 Å². The van der Waals surface area contributed by atoms with E-state index < -0.39 is 0 Å². The van der Waals surface area contributed by atoms with Crippen molar-refractivity contribution in [2.75, 3.05) is 6.54 Å². The Morgan fingerprint density at radius 3 is 2.78 bits per heavy atom. The Balaban J connectivity index is 1.31. The minimum absolute atomic E-state index is 0.00757. The number of hydrogen-bond acceptors (Lipinski definition) is 4. The first-order valence-electron chi connectivity index (χ1n) is 10.7. The van der Waals surface area contributed by atoms with Gasteiger partial charge in [0.15, 0.2) is 0 Å². The molecule has 2 heterocycles. The summed E-state index contributed by atoms with van der Waals surface area (Å²) < 4.78 is 5.83. The van der Waals surface area contributed by atoms with Crippen LogP contribution >= 0.6 is 0 Å². The van der Waals surface area contributed by atoms with Crippen LogP contribution in [0.4, 0.5) is 0 Å². The number of nitriles is 1. The normalized spacial score (nSPS) is 15.6. The van der Waals surface area contributed by atoms with E-state index in [1.165, 1.54) is 0 Å². The van der Waals surface area contributed by atoms with Crippen molar-refractivity contribution in [1.82, 2.24) is 14.9 Å². The molecular formula is C26H22N4O2. The molecule has 3 aromatic carbocycles. The summed E-state index contributed by atoms with van der Waals surface area (Å²) in [4.78, 5) is 23.4. The largest absolute Gasteiger partial charge is 0.489 e. The molecule has 1 aliphatic rings. The van der Waals surface area contributed by atoms with Crippen molar-refractivity contribution in [3.8, 4) is 11.8 Å². The number of aromatic nitrogens is 2.